The number of nitrogens with one attached hydrogen (secondary N) is 2. The number of alkyl halides is 2. The first-order valence-corrected chi connectivity index (χ1v) is 12.5. The number of benzene rings is 2. The molecule has 4 aromatic rings. The fraction of sp³-hybridized carbons (Fsp3) is 0.296. The number of oxazole rings is 1. The summed E-state index contributed by atoms with van der Waals surface area (Å²) in [6.45, 7) is 1.73. The molecule has 2 aliphatic rings. The minimum Gasteiger partial charge on any atom is -0.408 e. The number of aromatic amines is 1. The summed E-state index contributed by atoms with van der Waals surface area (Å²) in [4.78, 5) is 40.3. The van der Waals surface area contributed by atoms with E-state index in [-0.39, 0.29) is 43.6 Å². The van der Waals surface area contributed by atoms with Gasteiger partial charge in [-0.15, -0.1) is 0 Å². The van der Waals surface area contributed by atoms with Gasteiger partial charge in [0.25, 0.3) is 5.91 Å². The van der Waals surface area contributed by atoms with Crippen LogP contribution in [0.5, 0.6) is 0 Å². The van der Waals surface area contributed by atoms with Crippen LogP contribution in [0.2, 0.25) is 0 Å². The summed E-state index contributed by atoms with van der Waals surface area (Å²) in [5, 5.41) is 12.5. The van der Waals surface area contributed by atoms with Crippen molar-refractivity contribution >= 4 is 45.8 Å². The van der Waals surface area contributed by atoms with E-state index in [4.69, 9.17) is 9.40 Å². The molecule has 1 fully saturated rings. The molecule has 0 bridgehead atoms. The molecule has 198 valence electrons. The van der Waals surface area contributed by atoms with Crippen molar-refractivity contribution in [3.8, 4) is 6.07 Å². The standard InChI is InChI=1S/C27H23F2N7O3/c1-15-24(37)36(19-4-2-3-16(11-19)13-30)21-14-31-25(32-17-5-6-20-22(12-17)39-26(38)33-20)34-23(21)35(15)18-7-9-27(28,29)10-8-18/h2-6,11-12,14-15,18H,7-10H2,1H3,(H,33,38)(H,31,32,34)/t15-/m1/s1. The Balaban J connectivity index is 1.43. The van der Waals surface area contributed by atoms with Crippen LogP contribution in [-0.4, -0.2) is 38.9 Å². The van der Waals surface area contributed by atoms with Gasteiger partial charge in [0.1, 0.15) is 11.7 Å². The summed E-state index contributed by atoms with van der Waals surface area (Å²) in [5.41, 5.74) is 2.72. The average molecular weight is 532 g/mol. The molecule has 1 saturated carbocycles. The van der Waals surface area contributed by atoms with E-state index in [2.05, 4.69) is 21.4 Å². The van der Waals surface area contributed by atoms with E-state index < -0.39 is 17.7 Å². The smallest absolute Gasteiger partial charge is 0.408 e. The second kappa shape index (κ2) is 9.20. The molecule has 0 saturated heterocycles. The fourth-order valence-corrected chi connectivity index (χ4v) is 5.31. The van der Waals surface area contributed by atoms with Crippen molar-refractivity contribution in [3.05, 3.63) is 64.8 Å². The number of halogens is 2. The Morgan fingerprint density at radius 3 is 2.74 bits per heavy atom. The topological polar surface area (TPSA) is 131 Å². The Morgan fingerprint density at radius 2 is 1.97 bits per heavy atom. The van der Waals surface area contributed by atoms with Gasteiger partial charge < -0.3 is 14.6 Å². The number of H-pyrrole nitrogens is 1. The first-order chi connectivity index (χ1) is 18.7. The molecule has 1 aliphatic heterocycles. The van der Waals surface area contributed by atoms with E-state index in [0.29, 0.717) is 39.5 Å². The summed E-state index contributed by atoms with van der Waals surface area (Å²) in [6, 6.07) is 12.8. The highest BCUT2D eigenvalue weighted by Gasteiger charge is 2.44. The van der Waals surface area contributed by atoms with Gasteiger partial charge in [-0.2, -0.15) is 10.2 Å². The van der Waals surface area contributed by atoms with Gasteiger partial charge in [-0.1, -0.05) is 6.07 Å². The molecule has 39 heavy (non-hydrogen) atoms. The summed E-state index contributed by atoms with van der Waals surface area (Å²) in [6.07, 6.45) is 1.40. The molecular weight excluding hydrogens is 508 g/mol. The van der Waals surface area contributed by atoms with Gasteiger partial charge in [0.05, 0.1) is 29.0 Å². The number of anilines is 5. The Morgan fingerprint density at radius 1 is 1.18 bits per heavy atom. The molecule has 1 atom stereocenters. The number of aromatic nitrogens is 3. The summed E-state index contributed by atoms with van der Waals surface area (Å²) in [7, 11) is 0. The quantitative estimate of drug-likeness (QED) is 0.377. The van der Waals surface area contributed by atoms with Crippen molar-refractivity contribution in [2.24, 2.45) is 0 Å². The molecule has 0 spiro atoms. The maximum absolute atomic E-state index is 14.0. The molecule has 10 nitrogen and oxygen atoms in total. The number of hydrogen-bond donors (Lipinski definition) is 2. The first-order valence-electron chi connectivity index (χ1n) is 12.5. The lowest BCUT2D eigenvalue weighted by molar-refractivity contribution is -0.119. The minimum atomic E-state index is -2.73. The van der Waals surface area contributed by atoms with E-state index >= 15 is 0 Å². The van der Waals surface area contributed by atoms with Crippen molar-refractivity contribution in [1.82, 2.24) is 15.0 Å². The van der Waals surface area contributed by atoms with Crippen LogP contribution >= 0.6 is 0 Å². The van der Waals surface area contributed by atoms with Crippen LogP contribution in [0.25, 0.3) is 11.1 Å². The second-order valence-corrected chi connectivity index (χ2v) is 9.76. The molecule has 1 amide bonds. The molecule has 1 aliphatic carbocycles. The summed E-state index contributed by atoms with van der Waals surface area (Å²) < 4.78 is 33.1. The molecule has 12 heteroatoms. The van der Waals surface area contributed by atoms with Crippen LogP contribution in [0.15, 0.2) is 57.9 Å². The Labute approximate surface area is 220 Å². The Bertz CT molecular complexity index is 1680. The number of carbonyl (C=O) groups excluding carboxylic acids is 1. The molecule has 2 aromatic carbocycles. The van der Waals surface area contributed by atoms with Gasteiger partial charge in [-0.05, 0) is 50.1 Å². The maximum Gasteiger partial charge on any atom is 0.417 e. The van der Waals surface area contributed by atoms with E-state index in [1.165, 1.54) is 11.1 Å². The number of rotatable bonds is 4. The number of nitrogens with zero attached hydrogens (tertiary/aromatic N) is 5. The third-order valence-electron chi connectivity index (χ3n) is 7.22. The summed E-state index contributed by atoms with van der Waals surface area (Å²) in [5.74, 6) is -2.93. The van der Waals surface area contributed by atoms with Crippen LogP contribution in [0.3, 0.4) is 0 Å². The lowest BCUT2D eigenvalue weighted by atomic mass is 9.89. The average Bonchev–Trinajstić information content (AvgIpc) is 3.29. The van der Waals surface area contributed by atoms with Crippen LogP contribution in [0.4, 0.5) is 37.6 Å². The van der Waals surface area contributed by atoms with Crippen molar-refractivity contribution in [2.45, 2.75) is 50.6 Å². The number of amides is 1. The van der Waals surface area contributed by atoms with Crippen molar-refractivity contribution in [2.75, 3.05) is 15.1 Å². The Kier molecular flexibility index (Phi) is 5.79. The van der Waals surface area contributed by atoms with Crippen molar-refractivity contribution in [1.29, 1.82) is 5.26 Å². The predicted molar refractivity (Wildman–Crippen MR) is 140 cm³/mol. The van der Waals surface area contributed by atoms with Crippen molar-refractivity contribution in [3.63, 3.8) is 0 Å². The largest absolute Gasteiger partial charge is 0.417 e. The van der Waals surface area contributed by atoms with E-state index in [1.54, 1.807) is 49.4 Å². The highest BCUT2D eigenvalue weighted by atomic mass is 19.3. The third-order valence-corrected chi connectivity index (χ3v) is 7.22. The van der Waals surface area contributed by atoms with E-state index in [9.17, 15) is 23.6 Å². The zero-order valence-electron chi connectivity index (χ0n) is 20.8. The van der Waals surface area contributed by atoms with Crippen LogP contribution in [0, 0.1) is 11.3 Å². The van der Waals surface area contributed by atoms with Gasteiger partial charge in [0, 0.05) is 30.6 Å². The van der Waals surface area contributed by atoms with Crippen LogP contribution in [-0.2, 0) is 4.79 Å². The van der Waals surface area contributed by atoms with Crippen LogP contribution in [0.1, 0.15) is 38.2 Å². The first kappa shape index (κ1) is 24.5. The predicted octanol–water partition coefficient (Wildman–Crippen LogP) is 4.98. The van der Waals surface area contributed by atoms with Crippen LogP contribution < -0.4 is 20.9 Å². The minimum absolute atomic E-state index is 0.212. The summed E-state index contributed by atoms with van der Waals surface area (Å²) >= 11 is 0. The number of carbonyl (C=O) groups is 1. The van der Waals surface area contributed by atoms with E-state index in [0.717, 1.165) is 0 Å². The number of fused-ring (bicyclic) bond motifs is 2. The Hall–Kier alpha value is -4.79. The normalized spacial score (nSPS) is 19.1. The molecular formula is C27H23F2N7O3. The zero-order valence-corrected chi connectivity index (χ0v) is 20.8. The van der Waals surface area contributed by atoms with Gasteiger partial charge in [0.2, 0.25) is 11.9 Å². The van der Waals surface area contributed by atoms with Crippen molar-refractivity contribution < 1.29 is 18.0 Å². The van der Waals surface area contributed by atoms with E-state index in [1.807, 2.05) is 4.90 Å². The fourth-order valence-electron chi connectivity index (χ4n) is 5.31. The number of hydrogen-bond acceptors (Lipinski definition) is 8. The highest BCUT2D eigenvalue weighted by molar-refractivity contribution is 6.10. The van der Waals surface area contributed by atoms with Gasteiger partial charge >= 0.3 is 5.76 Å². The van der Waals surface area contributed by atoms with Gasteiger partial charge in [0.15, 0.2) is 11.4 Å². The zero-order chi connectivity index (χ0) is 27.3. The molecule has 0 unspecified atom stereocenters. The molecule has 0 radical (unpaired) electrons. The monoisotopic (exact) mass is 531 g/mol. The van der Waals surface area contributed by atoms with Gasteiger partial charge in [-0.25, -0.2) is 18.6 Å². The molecule has 3 heterocycles. The SMILES string of the molecule is C[C@@H]1C(=O)N(c2cccc(C#N)c2)c2cnc(Nc3ccc4[nH]c(=O)oc4c3)nc2N1C1CCC(F)(F)CC1. The number of nitriles is 1. The molecule has 2 N–H and O–H groups in total. The molecule has 6 rings (SSSR count). The lowest BCUT2D eigenvalue weighted by Gasteiger charge is -2.46. The molecule has 2 aromatic heterocycles. The highest BCUT2D eigenvalue weighted by Crippen LogP contribution is 2.44. The maximum atomic E-state index is 14.0. The van der Waals surface area contributed by atoms with Gasteiger partial charge in [-0.3, -0.25) is 14.7 Å². The third kappa shape index (κ3) is 4.46. The lowest BCUT2D eigenvalue weighted by Crippen LogP contribution is -2.56. The second-order valence-electron chi connectivity index (χ2n) is 9.76.